The SMILES string of the molecule is c1ccc(N(c2ccc(-c3ccc4c5ccccc5n(-c5ccccc5)c4c3)cc2)c2ccc3ccc4cc5c(cc4c3c2)oc2ccccc25)cc1. The Morgan fingerprint density at radius 2 is 0.962 bits per heavy atom. The maximum absolute atomic E-state index is 6.33. The Labute approximate surface area is 306 Å². The predicted molar refractivity (Wildman–Crippen MR) is 223 cm³/mol. The summed E-state index contributed by atoms with van der Waals surface area (Å²) in [6.45, 7) is 0. The number of rotatable bonds is 5. The lowest BCUT2D eigenvalue weighted by molar-refractivity contribution is 0.669. The van der Waals surface area contributed by atoms with Crippen LogP contribution in [0.15, 0.2) is 199 Å². The Hall–Kier alpha value is -7.10. The molecule has 248 valence electrons. The molecule has 3 nitrogen and oxygen atoms in total. The van der Waals surface area contributed by atoms with Crippen LogP contribution in [0.5, 0.6) is 0 Å². The summed E-state index contributed by atoms with van der Waals surface area (Å²) in [7, 11) is 0. The third-order valence-corrected chi connectivity index (χ3v) is 10.7. The van der Waals surface area contributed by atoms with Gasteiger partial charge in [-0.3, -0.25) is 0 Å². The van der Waals surface area contributed by atoms with Crippen molar-refractivity contribution in [3.05, 3.63) is 194 Å². The highest BCUT2D eigenvalue weighted by atomic mass is 16.3. The third-order valence-electron chi connectivity index (χ3n) is 10.7. The van der Waals surface area contributed by atoms with Crippen LogP contribution in [0.3, 0.4) is 0 Å². The molecule has 0 bridgehead atoms. The number of para-hydroxylation sites is 4. The Balaban J connectivity index is 1.03. The van der Waals surface area contributed by atoms with E-state index < -0.39 is 0 Å². The van der Waals surface area contributed by atoms with Crippen molar-refractivity contribution >= 4 is 82.4 Å². The summed E-state index contributed by atoms with van der Waals surface area (Å²) in [6.07, 6.45) is 0. The zero-order valence-corrected chi connectivity index (χ0v) is 28.8. The zero-order chi connectivity index (χ0) is 34.9. The molecule has 0 aliphatic rings. The summed E-state index contributed by atoms with van der Waals surface area (Å²) in [5.74, 6) is 0. The van der Waals surface area contributed by atoms with E-state index in [9.17, 15) is 0 Å². The molecule has 0 aliphatic carbocycles. The largest absolute Gasteiger partial charge is 0.456 e. The number of fused-ring (bicyclic) bond motifs is 9. The van der Waals surface area contributed by atoms with Gasteiger partial charge in [-0.25, -0.2) is 0 Å². The molecule has 11 aromatic rings. The molecule has 0 fully saturated rings. The molecule has 0 N–H and O–H groups in total. The molecular formula is C50H32N2O. The average molecular weight is 677 g/mol. The molecule has 11 rings (SSSR count). The molecule has 0 amide bonds. The first-order valence-electron chi connectivity index (χ1n) is 18.1. The van der Waals surface area contributed by atoms with Gasteiger partial charge < -0.3 is 13.9 Å². The monoisotopic (exact) mass is 676 g/mol. The lowest BCUT2D eigenvalue weighted by Gasteiger charge is -2.26. The Kier molecular flexibility index (Phi) is 6.55. The summed E-state index contributed by atoms with van der Waals surface area (Å²) >= 11 is 0. The lowest BCUT2D eigenvalue weighted by Crippen LogP contribution is -2.09. The van der Waals surface area contributed by atoms with Crippen LogP contribution in [-0.4, -0.2) is 4.57 Å². The van der Waals surface area contributed by atoms with Gasteiger partial charge in [0.05, 0.1) is 11.0 Å². The Morgan fingerprint density at radius 1 is 0.340 bits per heavy atom. The van der Waals surface area contributed by atoms with Gasteiger partial charge in [-0.15, -0.1) is 0 Å². The highest BCUT2D eigenvalue weighted by Gasteiger charge is 2.17. The highest BCUT2D eigenvalue weighted by molar-refractivity contribution is 6.16. The third kappa shape index (κ3) is 4.75. The molecule has 0 radical (unpaired) electrons. The van der Waals surface area contributed by atoms with Gasteiger partial charge in [0.15, 0.2) is 0 Å². The molecule has 3 heteroatoms. The minimum absolute atomic E-state index is 0.912. The normalized spacial score (nSPS) is 11.8. The van der Waals surface area contributed by atoms with Crippen LogP contribution >= 0.6 is 0 Å². The van der Waals surface area contributed by atoms with Crippen LogP contribution < -0.4 is 4.90 Å². The van der Waals surface area contributed by atoms with E-state index in [4.69, 9.17) is 4.42 Å². The molecule has 0 saturated carbocycles. The number of benzene rings is 9. The van der Waals surface area contributed by atoms with E-state index in [1.807, 2.05) is 12.1 Å². The number of aromatic nitrogens is 1. The summed E-state index contributed by atoms with van der Waals surface area (Å²) in [4.78, 5) is 2.35. The van der Waals surface area contributed by atoms with E-state index in [1.165, 1.54) is 54.5 Å². The molecule has 0 aliphatic heterocycles. The fourth-order valence-electron chi connectivity index (χ4n) is 8.23. The molecule has 2 aromatic heterocycles. The first-order valence-corrected chi connectivity index (χ1v) is 18.1. The first-order chi connectivity index (χ1) is 26.3. The smallest absolute Gasteiger partial charge is 0.136 e. The van der Waals surface area contributed by atoms with Crippen molar-refractivity contribution in [2.45, 2.75) is 0 Å². The van der Waals surface area contributed by atoms with E-state index in [0.717, 1.165) is 44.7 Å². The highest BCUT2D eigenvalue weighted by Crippen LogP contribution is 2.41. The van der Waals surface area contributed by atoms with Gasteiger partial charge in [0.1, 0.15) is 11.2 Å². The van der Waals surface area contributed by atoms with Crippen molar-refractivity contribution in [2.24, 2.45) is 0 Å². The molecule has 0 saturated heterocycles. The van der Waals surface area contributed by atoms with E-state index >= 15 is 0 Å². The van der Waals surface area contributed by atoms with Crippen molar-refractivity contribution in [2.75, 3.05) is 4.90 Å². The number of anilines is 3. The second-order valence-electron chi connectivity index (χ2n) is 13.8. The average Bonchev–Trinajstić information content (AvgIpc) is 3.76. The lowest BCUT2D eigenvalue weighted by atomic mass is 9.99. The Bertz CT molecular complexity index is 3160. The van der Waals surface area contributed by atoms with Crippen molar-refractivity contribution in [3.8, 4) is 16.8 Å². The molecule has 0 atom stereocenters. The minimum atomic E-state index is 0.912. The van der Waals surface area contributed by atoms with Gasteiger partial charge in [-0.05, 0) is 112 Å². The molecule has 53 heavy (non-hydrogen) atoms. The van der Waals surface area contributed by atoms with Gasteiger partial charge in [-0.2, -0.15) is 0 Å². The van der Waals surface area contributed by atoms with E-state index in [2.05, 4.69) is 191 Å². The maximum atomic E-state index is 6.33. The molecule has 2 heterocycles. The van der Waals surface area contributed by atoms with Gasteiger partial charge in [0.2, 0.25) is 0 Å². The fraction of sp³-hybridized carbons (Fsp3) is 0. The maximum Gasteiger partial charge on any atom is 0.136 e. The molecule has 9 aromatic carbocycles. The van der Waals surface area contributed by atoms with Gasteiger partial charge in [-0.1, -0.05) is 115 Å². The van der Waals surface area contributed by atoms with E-state index in [1.54, 1.807) is 0 Å². The molecule has 0 unspecified atom stereocenters. The van der Waals surface area contributed by atoms with Gasteiger partial charge in [0, 0.05) is 44.3 Å². The topological polar surface area (TPSA) is 21.3 Å². The van der Waals surface area contributed by atoms with Crippen molar-refractivity contribution in [1.82, 2.24) is 4.57 Å². The van der Waals surface area contributed by atoms with Crippen LogP contribution in [0, 0.1) is 0 Å². The number of nitrogens with zero attached hydrogens (tertiary/aromatic N) is 2. The van der Waals surface area contributed by atoms with Crippen LogP contribution in [0.25, 0.3) is 82.1 Å². The van der Waals surface area contributed by atoms with Gasteiger partial charge >= 0.3 is 0 Å². The Morgan fingerprint density at radius 3 is 1.81 bits per heavy atom. The minimum Gasteiger partial charge on any atom is -0.456 e. The standard InChI is InChI=1S/C50H32N2O/c1-3-11-37(12-4-1)51(40-27-23-34-19-20-36-29-46-43-16-8-10-18-49(43)53-50(46)32-45(36)44(34)31-40)39-25-21-33(22-26-39)35-24-28-42-41-15-7-9-17-47(41)52(48(42)30-35)38-13-5-2-6-14-38/h1-32H. The van der Waals surface area contributed by atoms with Crippen molar-refractivity contribution in [1.29, 1.82) is 0 Å². The summed E-state index contributed by atoms with van der Waals surface area (Å²) in [5, 5.41) is 9.59. The molecular weight excluding hydrogens is 645 g/mol. The fourth-order valence-corrected chi connectivity index (χ4v) is 8.23. The van der Waals surface area contributed by atoms with Crippen LogP contribution in [-0.2, 0) is 0 Å². The van der Waals surface area contributed by atoms with Crippen LogP contribution in [0.1, 0.15) is 0 Å². The summed E-state index contributed by atoms with van der Waals surface area (Å²) in [5.41, 5.74) is 11.1. The van der Waals surface area contributed by atoms with Crippen LogP contribution in [0.2, 0.25) is 0 Å². The summed E-state index contributed by atoms with van der Waals surface area (Å²) < 4.78 is 8.71. The van der Waals surface area contributed by atoms with E-state index in [-0.39, 0.29) is 0 Å². The molecule has 0 spiro atoms. The van der Waals surface area contributed by atoms with Crippen molar-refractivity contribution < 1.29 is 4.42 Å². The number of furan rings is 1. The second-order valence-corrected chi connectivity index (χ2v) is 13.8. The van der Waals surface area contributed by atoms with Gasteiger partial charge in [0.25, 0.3) is 0 Å². The zero-order valence-electron chi connectivity index (χ0n) is 28.8. The summed E-state index contributed by atoms with van der Waals surface area (Å²) in [6, 6.07) is 69.8. The number of hydrogen-bond acceptors (Lipinski definition) is 2. The van der Waals surface area contributed by atoms with Crippen LogP contribution in [0.4, 0.5) is 17.1 Å². The predicted octanol–water partition coefficient (Wildman–Crippen LogP) is 14.1. The number of hydrogen-bond donors (Lipinski definition) is 0. The van der Waals surface area contributed by atoms with E-state index in [0.29, 0.717) is 0 Å². The quantitative estimate of drug-likeness (QED) is 0.169. The second kappa shape index (κ2) is 11.7. The van der Waals surface area contributed by atoms with Crippen molar-refractivity contribution in [3.63, 3.8) is 0 Å². The first kappa shape index (κ1) is 29.6.